The van der Waals surface area contributed by atoms with E-state index in [1.165, 1.54) is 32.4 Å². The zero-order valence-corrected chi connectivity index (χ0v) is 21.0. The lowest BCUT2D eigenvalue weighted by Gasteiger charge is -2.25. The van der Waals surface area contributed by atoms with Crippen LogP contribution in [0, 0.1) is 11.3 Å². The summed E-state index contributed by atoms with van der Waals surface area (Å²) in [5.41, 5.74) is 6.86. The Bertz CT molecular complexity index is 1660. The molecule has 1 aliphatic heterocycles. The average Bonchev–Trinajstić information content (AvgIpc) is 3.21. The Morgan fingerprint density at radius 1 is 1.16 bits per heavy atom. The minimum absolute atomic E-state index is 0.0268. The number of nitriles is 1. The molecule has 3 aromatic rings. The van der Waals surface area contributed by atoms with Crippen LogP contribution in [0.5, 0.6) is 23.0 Å². The van der Waals surface area contributed by atoms with Gasteiger partial charge in [0, 0.05) is 0 Å². The highest BCUT2D eigenvalue weighted by atomic mass is 32.1. The molecule has 4 N–H and O–H groups in total. The number of thiazole rings is 1. The molecule has 0 aliphatic carbocycles. The van der Waals surface area contributed by atoms with Gasteiger partial charge < -0.3 is 30.2 Å². The van der Waals surface area contributed by atoms with Gasteiger partial charge in [-0.3, -0.25) is 9.36 Å². The van der Waals surface area contributed by atoms with E-state index in [0.29, 0.717) is 11.1 Å². The van der Waals surface area contributed by atoms with Gasteiger partial charge in [0.15, 0.2) is 23.0 Å². The van der Waals surface area contributed by atoms with E-state index in [9.17, 15) is 25.1 Å². The summed E-state index contributed by atoms with van der Waals surface area (Å²) in [7, 11) is 2.79. The molecule has 4 rings (SSSR count). The number of aromatic nitrogens is 1. The van der Waals surface area contributed by atoms with Gasteiger partial charge in [-0.25, -0.2) is 4.79 Å². The van der Waals surface area contributed by atoms with E-state index in [1.807, 2.05) is 6.07 Å². The number of carbonyl (C=O) groups is 1. The summed E-state index contributed by atoms with van der Waals surface area (Å²) in [6.45, 7) is 1.71. The number of fused-ring (bicyclic) bond motifs is 1. The Labute approximate surface area is 215 Å². The average molecular weight is 522 g/mol. The number of allylic oxidation sites excluding steroid dienone is 1. The van der Waals surface area contributed by atoms with Crippen LogP contribution >= 0.6 is 11.3 Å². The number of phenols is 2. The van der Waals surface area contributed by atoms with Gasteiger partial charge in [-0.1, -0.05) is 12.1 Å². The maximum atomic E-state index is 13.4. The number of nitrogens with two attached hydrogens (primary N) is 1. The molecule has 0 saturated heterocycles. The van der Waals surface area contributed by atoms with Gasteiger partial charge in [0.1, 0.15) is 10.5 Å². The molecule has 11 heteroatoms. The van der Waals surface area contributed by atoms with Crippen molar-refractivity contribution in [1.82, 2.24) is 4.57 Å². The maximum absolute atomic E-state index is 13.4. The maximum Gasteiger partial charge on any atom is 0.338 e. The highest BCUT2D eigenvalue weighted by Crippen LogP contribution is 2.39. The summed E-state index contributed by atoms with van der Waals surface area (Å²) in [6.07, 6.45) is 1.57. The number of aromatic hydroxyl groups is 2. The Morgan fingerprint density at radius 3 is 2.43 bits per heavy atom. The van der Waals surface area contributed by atoms with E-state index in [0.717, 1.165) is 15.9 Å². The van der Waals surface area contributed by atoms with Crippen LogP contribution in [0.1, 0.15) is 24.0 Å². The van der Waals surface area contributed by atoms with Crippen LogP contribution in [0.3, 0.4) is 0 Å². The summed E-state index contributed by atoms with van der Waals surface area (Å²) in [4.78, 5) is 26.7. The van der Waals surface area contributed by atoms with Crippen molar-refractivity contribution in [3.8, 4) is 29.1 Å². The highest BCUT2D eigenvalue weighted by molar-refractivity contribution is 7.07. The molecular weight excluding hydrogens is 498 g/mol. The van der Waals surface area contributed by atoms with Gasteiger partial charge in [0.25, 0.3) is 5.56 Å². The van der Waals surface area contributed by atoms with E-state index < -0.39 is 17.4 Å². The van der Waals surface area contributed by atoms with Crippen LogP contribution < -0.4 is 30.0 Å². The Balaban J connectivity index is 2.08. The number of hydrogen-bond acceptors (Lipinski definition) is 10. The van der Waals surface area contributed by atoms with Gasteiger partial charge in [-0.05, 0) is 48.4 Å². The van der Waals surface area contributed by atoms with Crippen molar-refractivity contribution in [3.63, 3.8) is 0 Å². The van der Waals surface area contributed by atoms with Crippen molar-refractivity contribution in [1.29, 1.82) is 5.26 Å². The first kappa shape index (κ1) is 25.4. The number of nitrogens with zero attached hydrogens (tertiary/aromatic N) is 2. The lowest BCUT2D eigenvalue weighted by molar-refractivity contribution is -0.136. The van der Waals surface area contributed by atoms with Crippen LogP contribution in [-0.4, -0.2) is 41.6 Å². The van der Waals surface area contributed by atoms with Crippen LogP contribution in [0.4, 0.5) is 0 Å². The Kier molecular flexibility index (Phi) is 6.95. The molecule has 190 valence electrons. The van der Waals surface area contributed by atoms with E-state index in [4.69, 9.17) is 19.9 Å². The summed E-state index contributed by atoms with van der Waals surface area (Å²) in [5.74, 6) is -1.62. The van der Waals surface area contributed by atoms with Crippen molar-refractivity contribution in [3.05, 3.63) is 72.6 Å². The predicted octanol–water partition coefficient (Wildman–Crippen LogP) is 1.33. The fourth-order valence-corrected chi connectivity index (χ4v) is 5.26. The topological polar surface area (TPSA) is 157 Å². The third-order valence-corrected chi connectivity index (χ3v) is 6.91. The first-order valence-electron chi connectivity index (χ1n) is 11.0. The molecule has 0 saturated carbocycles. The van der Waals surface area contributed by atoms with Crippen molar-refractivity contribution in [2.45, 2.75) is 12.8 Å². The second kappa shape index (κ2) is 10.1. The second-order valence-electron chi connectivity index (χ2n) is 7.90. The normalized spacial score (nSPS) is 15.2. The van der Waals surface area contributed by atoms with Crippen molar-refractivity contribution < 1.29 is 29.2 Å². The van der Waals surface area contributed by atoms with Gasteiger partial charge in [-0.15, -0.1) is 11.3 Å². The first-order chi connectivity index (χ1) is 17.7. The van der Waals surface area contributed by atoms with E-state index in [2.05, 4.69) is 0 Å². The monoisotopic (exact) mass is 521 g/mol. The van der Waals surface area contributed by atoms with Crippen LogP contribution in [0.25, 0.3) is 17.5 Å². The molecule has 0 radical (unpaired) electrons. The van der Waals surface area contributed by atoms with Crippen LogP contribution in [0.15, 0.2) is 46.8 Å². The van der Waals surface area contributed by atoms with Gasteiger partial charge in [0.2, 0.25) is 0 Å². The van der Waals surface area contributed by atoms with Crippen molar-refractivity contribution >= 4 is 34.8 Å². The SMILES string of the molecule is CCOC(=O)C1=c2s/c(=C\c3ccc(O)c(OC)c3)c(=O)n2C(N)=C(C#N)C1c1ccc(O)c(OC)c1. The molecule has 0 amide bonds. The smallest absolute Gasteiger partial charge is 0.338 e. The molecule has 1 aliphatic rings. The number of phenolic OH excluding ortho intramolecular Hbond substituents is 2. The predicted molar refractivity (Wildman–Crippen MR) is 137 cm³/mol. The molecule has 2 aromatic carbocycles. The van der Waals surface area contributed by atoms with Crippen molar-refractivity contribution in [2.75, 3.05) is 20.8 Å². The van der Waals surface area contributed by atoms with Crippen molar-refractivity contribution in [2.24, 2.45) is 5.73 Å². The van der Waals surface area contributed by atoms with E-state index >= 15 is 0 Å². The third-order valence-electron chi connectivity index (χ3n) is 5.80. The summed E-state index contributed by atoms with van der Waals surface area (Å²) >= 11 is 1.01. The highest BCUT2D eigenvalue weighted by Gasteiger charge is 2.36. The Morgan fingerprint density at radius 2 is 1.81 bits per heavy atom. The molecule has 2 heterocycles. The van der Waals surface area contributed by atoms with Gasteiger partial charge in [-0.2, -0.15) is 5.26 Å². The van der Waals surface area contributed by atoms with Gasteiger partial charge >= 0.3 is 5.97 Å². The first-order valence-corrected chi connectivity index (χ1v) is 11.9. The zero-order valence-electron chi connectivity index (χ0n) is 20.1. The lowest BCUT2D eigenvalue weighted by Crippen LogP contribution is -2.40. The summed E-state index contributed by atoms with van der Waals surface area (Å²) in [6, 6.07) is 11.1. The quantitative estimate of drug-likeness (QED) is 0.407. The number of benzene rings is 2. The van der Waals surface area contributed by atoms with Crippen LogP contribution in [-0.2, 0) is 9.53 Å². The molecule has 1 aromatic heterocycles. The summed E-state index contributed by atoms with van der Waals surface area (Å²) < 4.78 is 17.2. The van der Waals surface area contributed by atoms with Gasteiger partial charge in [0.05, 0.1) is 48.5 Å². The number of ether oxygens (including phenoxy) is 3. The molecular formula is C26H23N3O7S. The third kappa shape index (κ3) is 4.39. The molecule has 37 heavy (non-hydrogen) atoms. The molecule has 0 spiro atoms. The standard InChI is InChI=1S/C26H23N3O7S/c1-4-36-26(33)22-21(14-6-8-17(31)19(11-14)35-3)15(12-27)23(28)29-24(32)20(37-25(22)29)10-13-5-7-16(30)18(9-13)34-2/h5-11,21,30-31H,4,28H2,1-3H3/b20-10-. The zero-order chi connectivity index (χ0) is 26.9. The number of carbonyl (C=O) groups excluding carboxylic acids is 1. The largest absolute Gasteiger partial charge is 0.504 e. The molecule has 0 fully saturated rings. The van der Waals surface area contributed by atoms with E-state index in [1.54, 1.807) is 31.2 Å². The van der Waals surface area contributed by atoms with Crippen LogP contribution in [0.2, 0.25) is 0 Å². The fraction of sp³-hybridized carbons (Fsp3) is 0.192. The second-order valence-corrected chi connectivity index (χ2v) is 8.93. The lowest BCUT2D eigenvalue weighted by atomic mass is 9.83. The minimum Gasteiger partial charge on any atom is -0.504 e. The number of esters is 1. The Hall–Kier alpha value is -4.69. The number of rotatable bonds is 6. The molecule has 1 unspecified atom stereocenters. The molecule has 0 bridgehead atoms. The fourth-order valence-electron chi connectivity index (χ4n) is 4.10. The van der Waals surface area contributed by atoms with E-state index in [-0.39, 0.29) is 55.8 Å². The molecule has 10 nitrogen and oxygen atoms in total. The summed E-state index contributed by atoms with van der Waals surface area (Å²) in [5, 5.41) is 30.0. The molecule has 1 atom stereocenters. The number of methoxy groups -OCH3 is 2. The minimum atomic E-state index is -0.974. The number of hydrogen-bond donors (Lipinski definition) is 3.